The highest BCUT2D eigenvalue weighted by Crippen LogP contribution is 2.31. The molecule has 1 atom stereocenters. The van der Waals surface area contributed by atoms with Crippen LogP contribution in [0.3, 0.4) is 0 Å². The average molecular weight is 250 g/mol. The first-order valence-electron chi connectivity index (χ1n) is 5.64. The second-order valence-corrected chi connectivity index (χ2v) is 4.95. The quantitative estimate of drug-likeness (QED) is 0.876. The molecule has 3 heteroatoms. The molecule has 0 saturated heterocycles. The molecule has 0 aliphatic carbocycles. The van der Waals surface area contributed by atoms with Crippen LogP contribution in [0.25, 0.3) is 0 Å². The van der Waals surface area contributed by atoms with Gasteiger partial charge in [0.15, 0.2) is 0 Å². The van der Waals surface area contributed by atoms with E-state index in [1.807, 2.05) is 23.8 Å². The Morgan fingerprint density at radius 3 is 2.65 bits per heavy atom. The van der Waals surface area contributed by atoms with Gasteiger partial charge in [0.05, 0.1) is 5.60 Å². The van der Waals surface area contributed by atoms with Crippen LogP contribution in [0.2, 0.25) is 0 Å². The van der Waals surface area contributed by atoms with Gasteiger partial charge in [0.1, 0.15) is 5.82 Å². The van der Waals surface area contributed by atoms with Gasteiger partial charge in [-0.05, 0) is 34.9 Å². The van der Waals surface area contributed by atoms with Crippen molar-refractivity contribution >= 4 is 11.3 Å². The van der Waals surface area contributed by atoms with Gasteiger partial charge in [-0.1, -0.05) is 25.1 Å². The number of hydrogen-bond acceptors (Lipinski definition) is 2. The lowest BCUT2D eigenvalue weighted by atomic mass is 9.85. The van der Waals surface area contributed by atoms with Crippen molar-refractivity contribution in [1.29, 1.82) is 0 Å². The summed E-state index contributed by atoms with van der Waals surface area (Å²) in [6.07, 6.45) is 0.942. The molecule has 2 aromatic rings. The van der Waals surface area contributed by atoms with E-state index in [1.165, 1.54) is 6.07 Å². The molecule has 1 heterocycles. The maximum Gasteiger partial charge on any atom is 0.129 e. The molecular formula is C14H15FOS. The summed E-state index contributed by atoms with van der Waals surface area (Å²) in [5.74, 6) is -0.341. The van der Waals surface area contributed by atoms with Crippen LogP contribution >= 0.6 is 11.3 Å². The normalized spacial score (nSPS) is 14.5. The van der Waals surface area contributed by atoms with Gasteiger partial charge < -0.3 is 5.11 Å². The fourth-order valence-electron chi connectivity index (χ4n) is 1.98. The zero-order valence-electron chi connectivity index (χ0n) is 9.69. The molecule has 2 rings (SSSR count). The molecule has 0 bridgehead atoms. The highest BCUT2D eigenvalue weighted by atomic mass is 32.1. The van der Waals surface area contributed by atoms with Gasteiger partial charge in [-0.25, -0.2) is 4.39 Å². The first kappa shape index (κ1) is 12.3. The van der Waals surface area contributed by atoms with Crippen molar-refractivity contribution in [3.8, 4) is 0 Å². The maximum atomic E-state index is 13.7. The van der Waals surface area contributed by atoms with Crippen LogP contribution in [0.5, 0.6) is 0 Å². The summed E-state index contributed by atoms with van der Waals surface area (Å²) < 4.78 is 13.7. The van der Waals surface area contributed by atoms with Crippen molar-refractivity contribution in [3.05, 3.63) is 58.0 Å². The van der Waals surface area contributed by atoms with Crippen LogP contribution in [-0.2, 0) is 12.0 Å². The Labute approximate surface area is 105 Å². The Morgan fingerprint density at radius 2 is 2.06 bits per heavy atom. The third kappa shape index (κ3) is 2.56. The predicted octanol–water partition coefficient (Wildman–Crippen LogP) is 3.73. The van der Waals surface area contributed by atoms with Crippen molar-refractivity contribution in [2.45, 2.75) is 25.4 Å². The minimum absolute atomic E-state index is 0.341. The summed E-state index contributed by atoms with van der Waals surface area (Å²) in [5.41, 5.74) is 0.308. The molecule has 0 spiro atoms. The minimum Gasteiger partial charge on any atom is -0.385 e. The highest BCUT2D eigenvalue weighted by Gasteiger charge is 2.30. The fraction of sp³-hybridized carbons (Fsp3) is 0.286. The molecule has 0 fully saturated rings. The second kappa shape index (κ2) is 4.98. The first-order valence-corrected chi connectivity index (χ1v) is 6.58. The number of thiophene rings is 1. The van der Waals surface area contributed by atoms with E-state index in [9.17, 15) is 9.50 Å². The lowest BCUT2D eigenvalue weighted by molar-refractivity contribution is 0.0293. The van der Waals surface area contributed by atoms with Gasteiger partial charge in [-0.2, -0.15) is 11.3 Å². The monoisotopic (exact) mass is 250 g/mol. The van der Waals surface area contributed by atoms with E-state index in [-0.39, 0.29) is 5.82 Å². The summed E-state index contributed by atoms with van der Waals surface area (Å²) >= 11 is 1.59. The van der Waals surface area contributed by atoms with Crippen molar-refractivity contribution in [2.24, 2.45) is 0 Å². The van der Waals surface area contributed by atoms with Crippen LogP contribution in [0, 0.1) is 5.82 Å². The topological polar surface area (TPSA) is 20.2 Å². The van der Waals surface area contributed by atoms with Gasteiger partial charge in [-0.3, -0.25) is 0 Å². The molecule has 0 aliphatic heterocycles. The summed E-state index contributed by atoms with van der Waals surface area (Å²) in [6, 6.07) is 8.41. The lowest BCUT2D eigenvalue weighted by Gasteiger charge is -2.27. The molecule has 0 radical (unpaired) electrons. The Balaban J connectivity index is 2.34. The Morgan fingerprint density at radius 1 is 1.29 bits per heavy atom. The van der Waals surface area contributed by atoms with Gasteiger partial charge in [0.2, 0.25) is 0 Å². The van der Waals surface area contributed by atoms with Crippen molar-refractivity contribution in [2.75, 3.05) is 0 Å². The smallest absolute Gasteiger partial charge is 0.129 e. The summed E-state index contributed by atoms with van der Waals surface area (Å²) in [5, 5.41) is 14.6. The summed E-state index contributed by atoms with van der Waals surface area (Å²) in [4.78, 5) is 0. The van der Waals surface area contributed by atoms with Gasteiger partial charge in [0.25, 0.3) is 0 Å². The standard InChI is InChI=1S/C14H15FOS/c1-2-14(16,9-11-7-8-17-10-11)12-5-3-4-6-13(12)15/h3-8,10,16H,2,9H2,1H3. The number of rotatable bonds is 4. The summed E-state index contributed by atoms with van der Waals surface area (Å²) in [7, 11) is 0. The van der Waals surface area contributed by atoms with E-state index in [0.717, 1.165) is 5.56 Å². The number of halogens is 1. The molecule has 1 aromatic heterocycles. The Hall–Kier alpha value is -1.19. The second-order valence-electron chi connectivity index (χ2n) is 4.17. The van der Waals surface area contributed by atoms with E-state index in [2.05, 4.69) is 0 Å². The predicted molar refractivity (Wildman–Crippen MR) is 68.6 cm³/mol. The number of benzene rings is 1. The van der Waals surface area contributed by atoms with Gasteiger partial charge in [0, 0.05) is 12.0 Å². The average Bonchev–Trinajstić information content (AvgIpc) is 2.82. The van der Waals surface area contributed by atoms with Crippen LogP contribution in [0.1, 0.15) is 24.5 Å². The molecule has 1 N–H and O–H groups in total. The molecular weight excluding hydrogens is 235 g/mol. The van der Waals surface area contributed by atoms with Crippen LogP contribution in [0.15, 0.2) is 41.1 Å². The number of aliphatic hydroxyl groups is 1. The van der Waals surface area contributed by atoms with E-state index in [0.29, 0.717) is 18.4 Å². The van der Waals surface area contributed by atoms with Crippen molar-refractivity contribution < 1.29 is 9.50 Å². The zero-order chi connectivity index (χ0) is 12.3. The molecule has 0 aliphatic rings. The highest BCUT2D eigenvalue weighted by molar-refractivity contribution is 7.07. The van der Waals surface area contributed by atoms with Crippen LogP contribution in [-0.4, -0.2) is 5.11 Å². The van der Waals surface area contributed by atoms with Crippen molar-refractivity contribution in [3.63, 3.8) is 0 Å². The van der Waals surface area contributed by atoms with Crippen LogP contribution < -0.4 is 0 Å². The van der Waals surface area contributed by atoms with E-state index < -0.39 is 5.60 Å². The molecule has 1 aromatic carbocycles. The first-order chi connectivity index (χ1) is 8.15. The Bertz CT molecular complexity index is 481. The molecule has 17 heavy (non-hydrogen) atoms. The largest absolute Gasteiger partial charge is 0.385 e. The maximum absolute atomic E-state index is 13.7. The number of hydrogen-bond donors (Lipinski definition) is 1. The molecule has 90 valence electrons. The van der Waals surface area contributed by atoms with Gasteiger partial charge in [-0.15, -0.1) is 0 Å². The molecule has 1 nitrogen and oxygen atoms in total. The van der Waals surface area contributed by atoms with E-state index in [4.69, 9.17) is 0 Å². The minimum atomic E-state index is -1.12. The van der Waals surface area contributed by atoms with E-state index >= 15 is 0 Å². The Kier molecular flexibility index (Phi) is 3.60. The molecule has 1 unspecified atom stereocenters. The third-order valence-corrected chi connectivity index (χ3v) is 3.77. The van der Waals surface area contributed by atoms with Crippen LogP contribution in [0.4, 0.5) is 4.39 Å². The lowest BCUT2D eigenvalue weighted by Crippen LogP contribution is -2.28. The SMILES string of the molecule is CCC(O)(Cc1ccsc1)c1ccccc1F. The third-order valence-electron chi connectivity index (χ3n) is 3.04. The van der Waals surface area contributed by atoms with Crippen molar-refractivity contribution in [1.82, 2.24) is 0 Å². The molecule has 0 amide bonds. The van der Waals surface area contributed by atoms with E-state index in [1.54, 1.807) is 29.5 Å². The molecule has 0 saturated carbocycles. The fourth-order valence-corrected chi connectivity index (χ4v) is 2.65. The summed E-state index contributed by atoms with van der Waals surface area (Å²) in [6.45, 7) is 1.87. The zero-order valence-corrected chi connectivity index (χ0v) is 10.5. The van der Waals surface area contributed by atoms with Gasteiger partial charge >= 0.3 is 0 Å².